The Hall–Kier alpha value is -4.05. The Morgan fingerprint density at radius 3 is 2.53 bits per heavy atom. The minimum atomic E-state index is -0.660. The van der Waals surface area contributed by atoms with E-state index < -0.39 is 16.8 Å². The van der Waals surface area contributed by atoms with Crippen molar-refractivity contribution in [2.75, 3.05) is 6.61 Å². The number of hydrazone groups is 1. The third-order valence-electron chi connectivity index (χ3n) is 4.51. The Morgan fingerprint density at radius 2 is 1.85 bits per heavy atom. The highest BCUT2D eigenvalue weighted by molar-refractivity contribution is 9.10. The number of nitrogens with zero attached hydrogens (tertiary/aromatic N) is 2. The molecule has 0 saturated heterocycles. The topological polar surface area (TPSA) is 120 Å². The first-order valence-electron chi connectivity index (χ1n) is 10.0. The lowest BCUT2D eigenvalue weighted by atomic mass is 10.1. The number of hydrogen-bond donors (Lipinski definition) is 1. The van der Waals surface area contributed by atoms with E-state index >= 15 is 0 Å². The van der Waals surface area contributed by atoms with Gasteiger partial charge in [0.1, 0.15) is 11.5 Å². The van der Waals surface area contributed by atoms with Crippen LogP contribution in [0.1, 0.15) is 27.0 Å². The van der Waals surface area contributed by atoms with Crippen LogP contribution in [0.3, 0.4) is 0 Å². The number of esters is 1. The molecular weight excluding hydrogens is 506 g/mol. The van der Waals surface area contributed by atoms with Gasteiger partial charge in [0.25, 0.3) is 11.6 Å². The van der Waals surface area contributed by atoms with Crippen LogP contribution in [0, 0.1) is 24.0 Å². The first-order valence-corrected chi connectivity index (χ1v) is 10.8. The van der Waals surface area contributed by atoms with Gasteiger partial charge < -0.3 is 9.47 Å². The number of nitrogens with one attached hydrogen (secondary N) is 1. The van der Waals surface area contributed by atoms with Crippen molar-refractivity contribution in [1.82, 2.24) is 5.43 Å². The fraction of sp³-hybridized carbons (Fsp3) is 0.125. The molecule has 34 heavy (non-hydrogen) atoms. The molecule has 0 unspecified atom stereocenters. The van der Waals surface area contributed by atoms with Crippen molar-refractivity contribution < 1.29 is 24.0 Å². The summed E-state index contributed by atoms with van der Waals surface area (Å²) in [5.41, 5.74) is 4.99. The summed E-state index contributed by atoms with van der Waals surface area (Å²) in [7, 11) is 0. The quantitative estimate of drug-likeness (QED) is 0.149. The largest absolute Gasteiger partial charge is 0.482 e. The molecule has 1 N–H and O–H groups in total. The zero-order chi connectivity index (χ0) is 24.7. The van der Waals surface area contributed by atoms with Crippen LogP contribution in [0.4, 0.5) is 5.69 Å². The first kappa shape index (κ1) is 24.6. The van der Waals surface area contributed by atoms with Crippen LogP contribution in [0.5, 0.6) is 11.5 Å². The summed E-state index contributed by atoms with van der Waals surface area (Å²) < 4.78 is 11.7. The van der Waals surface area contributed by atoms with Gasteiger partial charge in [-0.3, -0.25) is 14.9 Å². The van der Waals surface area contributed by atoms with Gasteiger partial charge in [-0.05, 0) is 76.8 Å². The molecule has 0 aliphatic heterocycles. The molecule has 1 amide bonds. The van der Waals surface area contributed by atoms with Crippen LogP contribution in [-0.4, -0.2) is 29.6 Å². The molecular formula is C24H20BrN3O6. The number of carbonyl (C=O) groups excluding carboxylic acids is 2. The highest BCUT2D eigenvalue weighted by Gasteiger charge is 2.12. The second kappa shape index (κ2) is 11.2. The normalized spacial score (nSPS) is 10.7. The molecule has 0 saturated carbocycles. The molecule has 0 aromatic heterocycles. The molecule has 3 rings (SSSR count). The van der Waals surface area contributed by atoms with E-state index in [4.69, 9.17) is 9.47 Å². The predicted octanol–water partition coefficient (Wildman–Crippen LogP) is 4.72. The van der Waals surface area contributed by atoms with Crippen molar-refractivity contribution in [3.8, 4) is 11.5 Å². The third kappa shape index (κ3) is 6.72. The summed E-state index contributed by atoms with van der Waals surface area (Å²) in [5, 5.41) is 14.6. The van der Waals surface area contributed by atoms with Crippen molar-refractivity contribution in [2.24, 2.45) is 5.10 Å². The van der Waals surface area contributed by atoms with Crippen molar-refractivity contribution in [3.05, 3.63) is 97.5 Å². The van der Waals surface area contributed by atoms with Crippen LogP contribution in [-0.2, 0) is 4.79 Å². The Morgan fingerprint density at radius 1 is 1.12 bits per heavy atom. The van der Waals surface area contributed by atoms with E-state index in [2.05, 4.69) is 26.5 Å². The highest BCUT2D eigenvalue weighted by Crippen LogP contribution is 2.30. The summed E-state index contributed by atoms with van der Waals surface area (Å²) in [6.07, 6.45) is 1.40. The predicted molar refractivity (Wildman–Crippen MR) is 129 cm³/mol. The van der Waals surface area contributed by atoms with Gasteiger partial charge in [-0.2, -0.15) is 5.10 Å². The number of nitro benzene ring substituents is 1. The number of hydrogen-bond acceptors (Lipinski definition) is 7. The molecule has 0 atom stereocenters. The molecule has 0 aliphatic rings. The number of ether oxygens (including phenoxy) is 2. The maximum absolute atomic E-state index is 12.3. The summed E-state index contributed by atoms with van der Waals surface area (Å²) in [6, 6.07) is 15.5. The van der Waals surface area contributed by atoms with E-state index in [-0.39, 0.29) is 23.6 Å². The number of non-ortho nitro benzene ring substituents is 1. The van der Waals surface area contributed by atoms with Gasteiger partial charge in [-0.15, -0.1) is 0 Å². The highest BCUT2D eigenvalue weighted by atomic mass is 79.9. The number of rotatable bonds is 8. The minimum absolute atomic E-state index is 0.121. The molecule has 0 spiro atoms. The molecule has 0 heterocycles. The Kier molecular flexibility index (Phi) is 8.10. The molecule has 3 aromatic carbocycles. The van der Waals surface area contributed by atoms with Crippen LogP contribution in [0.2, 0.25) is 0 Å². The average molecular weight is 526 g/mol. The first-order chi connectivity index (χ1) is 16.2. The second-order valence-corrected chi connectivity index (χ2v) is 8.09. The van der Waals surface area contributed by atoms with Crippen LogP contribution >= 0.6 is 15.9 Å². The van der Waals surface area contributed by atoms with Gasteiger partial charge in [0.15, 0.2) is 6.61 Å². The van der Waals surface area contributed by atoms with Gasteiger partial charge >= 0.3 is 5.97 Å². The molecule has 174 valence electrons. The standard InChI is InChI=1S/C24H20BrN3O6/c1-15-10-16(2)23(21(25)11-15)33-14-22(29)27-26-13-17-4-3-5-20(12-17)34-24(30)18-6-8-19(9-7-18)28(31)32/h3-13H,14H2,1-2H3,(H,27,29)/b26-13+. The van der Waals surface area contributed by atoms with Gasteiger partial charge in [-0.1, -0.05) is 18.2 Å². The van der Waals surface area contributed by atoms with E-state index in [1.54, 1.807) is 24.3 Å². The molecule has 0 aliphatic carbocycles. The lowest BCUT2D eigenvalue weighted by molar-refractivity contribution is -0.384. The molecule has 9 nitrogen and oxygen atoms in total. The maximum atomic E-state index is 12.3. The summed E-state index contributed by atoms with van der Waals surface area (Å²) in [5.74, 6) is -0.259. The van der Waals surface area contributed by atoms with Crippen molar-refractivity contribution in [1.29, 1.82) is 0 Å². The molecule has 0 fully saturated rings. The molecule has 10 heteroatoms. The number of aryl methyl sites for hydroxylation is 2. The lowest BCUT2D eigenvalue weighted by Gasteiger charge is -2.11. The van der Waals surface area contributed by atoms with Gasteiger partial charge in [0.05, 0.1) is 21.2 Å². The van der Waals surface area contributed by atoms with Gasteiger partial charge in [0.2, 0.25) is 0 Å². The zero-order valence-electron chi connectivity index (χ0n) is 18.3. The zero-order valence-corrected chi connectivity index (χ0v) is 19.9. The number of carbonyl (C=O) groups is 2. The number of halogens is 1. The fourth-order valence-corrected chi connectivity index (χ4v) is 3.77. The molecule has 0 radical (unpaired) electrons. The summed E-state index contributed by atoms with van der Waals surface area (Å²) in [4.78, 5) is 34.5. The molecule has 3 aromatic rings. The van der Waals surface area contributed by atoms with Crippen LogP contribution < -0.4 is 14.9 Å². The maximum Gasteiger partial charge on any atom is 0.343 e. The number of nitro groups is 1. The SMILES string of the molecule is Cc1cc(C)c(OCC(=O)N/N=C/c2cccc(OC(=O)c3ccc([N+](=O)[O-])cc3)c2)c(Br)c1. The summed E-state index contributed by atoms with van der Waals surface area (Å²) >= 11 is 3.43. The Bertz CT molecular complexity index is 1230. The monoisotopic (exact) mass is 525 g/mol. The van der Waals surface area contributed by atoms with E-state index in [9.17, 15) is 19.7 Å². The number of benzene rings is 3. The van der Waals surface area contributed by atoms with Crippen molar-refractivity contribution in [3.63, 3.8) is 0 Å². The Labute approximate surface area is 203 Å². The van der Waals surface area contributed by atoms with E-state index in [0.29, 0.717) is 11.3 Å². The number of amides is 1. The lowest BCUT2D eigenvalue weighted by Crippen LogP contribution is -2.24. The van der Waals surface area contributed by atoms with E-state index in [1.165, 1.54) is 30.5 Å². The average Bonchev–Trinajstić information content (AvgIpc) is 2.78. The Balaban J connectivity index is 1.54. The van der Waals surface area contributed by atoms with Gasteiger partial charge in [-0.25, -0.2) is 10.2 Å². The van der Waals surface area contributed by atoms with E-state index in [1.807, 2.05) is 26.0 Å². The minimum Gasteiger partial charge on any atom is -0.482 e. The molecule has 0 bridgehead atoms. The fourth-order valence-electron chi connectivity index (χ4n) is 2.98. The van der Waals surface area contributed by atoms with Crippen molar-refractivity contribution in [2.45, 2.75) is 13.8 Å². The summed E-state index contributed by atoms with van der Waals surface area (Å²) in [6.45, 7) is 3.64. The van der Waals surface area contributed by atoms with Crippen molar-refractivity contribution >= 4 is 39.7 Å². The third-order valence-corrected chi connectivity index (χ3v) is 5.10. The van der Waals surface area contributed by atoms with Crippen LogP contribution in [0.15, 0.2) is 70.2 Å². The van der Waals surface area contributed by atoms with E-state index in [0.717, 1.165) is 15.6 Å². The smallest absolute Gasteiger partial charge is 0.343 e. The van der Waals surface area contributed by atoms with Crippen LogP contribution in [0.25, 0.3) is 0 Å². The second-order valence-electron chi connectivity index (χ2n) is 7.24. The van der Waals surface area contributed by atoms with Gasteiger partial charge in [0, 0.05) is 12.1 Å².